The zero-order valence-electron chi connectivity index (χ0n) is 13.7. The van der Waals surface area contributed by atoms with Crippen LogP contribution in [-0.4, -0.2) is 33.4 Å². The van der Waals surface area contributed by atoms with Gasteiger partial charge in [0.2, 0.25) is 11.8 Å². The molecule has 11 heteroatoms. The molecule has 1 aromatic carbocycles. The summed E-state index contributed by atoms with van der Waals surface area (Å²) in [6.07, 6.45) is 1.17. The van der Waals surface area contributed by atoms with Gasteiger partial charge in [0.15, 0.2) is 10.9 Å². The fraction of sp³-hybridized carbons (Fsp3) is 0.125. The number of thioether (sulfide) groups is 1. The maximum absolute atomic E-state index is 12.0. The first-order valence-corrected chi connectivity index (χ1v) is 8.57. The molecule has 0 radical (unpaired) electrons. The van der Waals surface area contributed by atoms with Gasteiger partial charge < -0.3 is 15.1 Å². The highest BCUT2D eigenvalue weighted by Crippen LogP contribution is 2.23. The van der Waals surface area contributed by atoms with Crippen molar-refractivity contribution < 1.29 is 18.9 Å². The quantitative estimate of drug-likeness (QED) is 0.442. The maximum Gasteiger partial charge on any atom is 0.433 e. The maximum atomic E-state index is 12.0. The number of para-hydroxylation sites is 1. The van der Waals surface area contributed by atoms with E-state index in [1.165, 1.54) is 18.3 Å². The number of hydrogen-bond acceptors (Lipinski definition) is 8. The summed E-state index contributed by atoms with van der Waals surface area (Å²) in [5.74, 6) is -0.886. The fourth-order valence-corrected chi connectivity index (χ4v) is 3.06. The van der Waals surface area contributed by atoms with Crippen molar-refractivity contribution in [1.29, 1.82) is 0 Å². The number of carbonyl (C=O) groups excluding carboxylic acids is 2. The van der Waals surface area contributed by atoms with Gasteiger partial charge in [-0.15, -0.1) is 5.10 Å². The minimum atomic E-state index is -0.665. The Morgan fingerprint density at radius 3 is 2.81 bits per heavy atom. The summed E-state index contributed by atoms with van der Waals surface area (Å²) in [5, 5.41) is 22.9. The lowest BCUT2D eigenvalue weighted by Crippen LogP contribution is -2.28. The molecule has 0 unspecified atom stereocenters. The number of furan rings is 1. The first kappa shape index (κ1) is 18.3. The Bertz CT molecular complexity index is 924. The molecule has 0 spiro atoms. The van der Waals surface area contributed by atoms with E-state index in [9.17, 15) is 19.7 Å². The van der Waals surface area contributed by atoms with Crippen molar-refractivity contribution in [3.8, 4) is 0 Å². The number of hydrogen-bond donors (Lipinski definition) is 2. The van der Waals surface area contributed by atoms with Gasteiger partial charge in [0.1, 0.15) is 10.2 Å². The summed E-state index contributed by atoms with van der Waals surface area (Å²) in [6, 6.07) is 11.5. The summed E-state index contributed by atoms with van der Waals surface area (Å²) in [4.78, 5) is 33.8. The van der Waals surface area contributed by atoms with Gasteiger partial charge in [-0.2, -0.15) is 5.10 Å². The molecule has 1 fully saturated rings. The molecule has 1 aliphatic heterocycles. The van der Waals surface area contributed by atoms with Gasteiger partial charge in [-0.1, -0.05) is 30.0 Å². The third-order valence-corrected chi connectivity index (χ3v) is 4.40. The van der Waals surface area contributed by atoms with E-state index >= 15 is 0 Å². The van der Waals surface area contributed by atoms with Crippen molar-refractivity contribution in [2.75, 3.05) is 5.32 Å². The Morgan fingerprint density at radius 1 is 1.33 bits per heavy atom. The average Bonchev–Trinajstić information content (AvgIpc) is 3.23. The Morgan fingerprint density at radius 2 is 2.11 bits per heavy atom. The number of amides is 2. The highest BCUT2D eigenvalue weighted by atomic mass is 32.2. The lowest BCUT2D eigenvalue weighted by molar-refractivity contribution is -0.402. The van der Waals surface area contributed by atoms with Crippen molar-refractivity contribution >= 4 is 46.5 Å². The molecular weight excluding hydrogens is 374 g/mol. The Balaban J connectivity index is 1.54. The first-order chi connectivity index (χ1) is 13.0. The molecule has 2 heterocycles. The minimum Gasteiger partial charge on any atom is -0.400 e. The van der Waals surface area contributed by atoms with Crippen molar-refractivity contribution in [1.82, 2.24) is 5.32 Å². The van der Waals surface area contributed by atoms with Crippen LogP contribution in [0.25, 0.3) is 0 Å². The van der Waals surface area contributed by atoms with Gasteiger partial charge in [-0.05, 0) is 18.2 Å². The van der Waals surface area contributed by atoms with Crippen LogP contribution in [0, 0.1) is 10.1 Å². The second-order valence-corrected chi connectivity index (χ2v) is 6.49. The molecule has 1 atom stereocenters. The number of rotatable bonds is 6. The van der Waals surface area contributed by atoms with Crippen molar-refractivity contribution in [2.45, 2.75) is 11.7 Å². The lowest BCUT2D eigenvalue weighted by Gasteiger charge is -2.06. The molecule has 1 aliphatic rings. The zero-order valence-corrected chi connectivity index (χ0v) is 14.5. The van der Waals surface area contributed by atoms with Crippen LogP contribution in [0.15, 0.2) is 57.1 Å². The van der Waals surface area contributed by atoms with Crippen molar-refractivity contribution in [3.63, 3.8) is 0 Å². The summed E-state index contributed by atoms with van der Waals surface area (Å²) in [7, 11) is 0. The van der Waals surface area contributed by atoms with Gasteiger partial charge in [0.05, 0.1) is 12.3 Å². The van der Waals surface area contributed by atoms with Crippen LogP contribution in [0.1, 0.15) is 12.2 Å². The Hall–Kier alpha value is -3.47. The Kier molecular flexibility index (Phi) is 5.61. The van der Waals surface area contributed by atoms with E-state index in [2.05, 4.69) is 20.8 Å². The summed E-state index contributed by atoms with van der Waals surface area (Å²) in [5.41, 5.74) is 0.650. The van der Waals surface area contributed by atoms with Crippen molar-refractivity contribution in [2.24, 2.45) is 10.2 Å². The van der Waals surface area contributed by atoms with Gasteiger partial charge in [0, 0.05) is 12.1 Å². The summed E-state index contributed by atoms with van der Waals surface area (Å²) < 4.78 is 4.90. The highest BCUT2D eigenvalue weighted by Gasteiger charge is 2.32. The van der Waals surface area contributed by atoms with Gasteiger partial charge in [0.25, 0.3) is 0 Å². The number of benzene rings is 1. The molecule has 2 amide bonds. The summed E-state index contributed by atoms with van der Waals surface area (Å²) >= 11 is 1.08. The van der Waals surface area contributed by atoms with Gasteiger partial charge in [-0.25, -0.2) is 0 Å². The lowest BCUT2D eigenvalue weighted by atomic mass is 10.2. The molecule has 27 heavy (non-hydrogen) atoms. The third-order valence-electron chi connectivity index (χ3n) is 3.33. The van der Waals surface area contributed by atoms with Gasteiger partial charge in [-0.3, -0.25) is 19.7 Å². The minimum absolute atomic E-state index is 0.0154. The third kappa shape index (κ3) is 5.01. The second kappa shape index (κ2) is 8.27. The molecule has 0 aliphatic carbocycles. The van der Waals surface area contributed by atoms with Crippen LogP contribution in [0.5, 0.6) is 0 Å². The molecule has 2 aromatic rings. The average molecular weight is 387 g/mol. The predicted octanol–water partition coefficient (Wildman–Crippen LogP) is 2.14. The monoisotopic (exact) mass is 387 g/mol. The molecular formula is C16H13N5O5S. The number of nitrogens with zero attached hydrogens (tertiary/aromatic N) is 3. The molecule has 0 saturated carbocycles. The van der Waals surface area contributed by atoms with Crippen LogP contribution in [-0.2, 0) is 9.59 Å². The molecule has 1 saturated heterocycles. The molecule has 138 valence electrons. The Labute approximate surface area is 156 Å². The van der Waals surface area contributed by atoms with E-state index in [-0.39, 0.29) is 29.2 Å². The van der Waals surface area contributed by atoms with Crippen LogP contribution in [0.3, 0.4) is 0 Å². The number of nitro groups is 1. The first-order valence-electron chi connectivity index (χ1n) is 7.69. The van der Waals surface area contributed by atoms with E-state index in [1.54, 1.807) is 24.3 Å². The topological polar surface area (TPSA) is 139 Å². The molecule has 3 rings (SSSR count). The molecule has 2 N–H and O–H groups in total. The number of amidine groups is 1. The van der Waals surface area contributed by atoms with Gasteiger partial charge >= 0.3 is 5.88 Å². The zero-order chi connectivity index (χ0) is 19.2. The molecule has 0 bridgehead atoms. The smallest absolute Gasteiger partial charge is 0.400 e. The second-order valence-electron chi connectivity index (χ2n) is 5.30. The number of anilines is 1. The van der Waals surface area contributed by atoms with E-state index in [4.69, 9.17) is 4.42 Å². The largest absolute Gasteiger partial charge is 0.433 e. The van der Waals surface area contributed by atoms with Crippen LogP contribution < -0.4 is 10.6 Å². The fourth-order valence-electron chi connectivity index (χ4n) is 2.14. The van der Waals surface area contributed by atoms with Crippen molar-refractivity contribution in [3.05, 3.63) is 58.3 Å². The normalized spacial score (nSPS) is 18.0. The van der Waals surface area contributed by atoms with E-state index in [0.717, 1.165) is 11.8 Å². The molecule has 1 aromatic heterocycles. The van der Waals surface area contributed by atoms with E-state index in [0.29, 0.717) is 5.69 Å². The number of nitrogens with one attached hydrogen (secondary N) is 2. The number of carbonyl (C=O) groups is 2. The predicted molar refractivity (Wildman–Crippen MR) is 99.6 cm³/mol. The molecule has 10 nitrogen and oxygen atoms in total. The van der Waals surface area contributed by atoms with Crippen LogP contribution in [0.4, 0.5) is 11.6 Å². The SMILES string of the molecule is O=C(C[C@@H]1S/C(=N\N=C/c2ccc([N+](=O)[O-])o2)NC1=O)Nc1ccccc1. The standard InChI is InChI=1S/C16H13N5O5S/c22-13(18-10-4-2-1-3-5-10)8-12-15(23)19-16(27-12)20-17-9-11-6-7-14(26-11)21(24)25/h1-7,9,12H,8H2,(H,18,22)(H,19,20,23)/b17-9-/t12-/m0/s1. The summed E-state index contributed by atoms with van der Waals surface area (Å²) in [6.45, 7) is 0. The van der Waals surface area contributed by atoms with Crippen LogP contribution in [0.2, 0.25) is 0 Å². The highest BCUT2D eigenvalue weighted by molar-refractivity contribution is 8.15. The van der Waals surface area contributed by atoms with Crippen LogP contribution >= 0.6 is 11.8 Å². The van der Waals surface area contributed by atoms with E-state index in [1.807, 2.05) is 6.07 Å². The van der Waals surface area contributed by atoms with E-state index < -0.39 is 16.1 Å².